The molecule has 0 aliphatic rings. The fourth-order valence-corrected chi connectivity index (χ4v) is 2.32. The van der Waals surface area contributed by atoms with Crippen LogP contribution in [0.3, 0.4) is 0 Å². The number of rotatable bonds is 8. The largest absolute Gasteiger partial charge is 0.481 e. The van der Waals surface area contributed by atoms with E-state index in [2.05, 4.69) is 12.0 Å². The number of aliphatic carboxylic acids is 1. The summed E-state index contributed by atoms with van der Waals surface area (Å²) in [5, 5.41) is 21.2. The molecule has 0 aliphatic carbocycles. The molecule has 24 heavy (non-hydrogen) atoms. The second-order valence-electron chi connectivity index (χ2n) is 5.60. The van der Waals surface area contributed by atoms with Gasteiger partial charge in [-0.05, 0) is 25.5 Å². The van der Waals surface area contributed by atoms with Crippen LogP contribution in [-0.2, 0) is 4.79 Å². The van der Waals surface area contributed by atoms with E-state index in [0.717, 1.165) is 16.8 Å². The van der Waals surface area contributed by atoms with E-state index in [1.54, 1.807) is 5.01 Å². The van der Waals surface area contributed by atoms with Crippen molar-refractivity contribution in [3.63, 3.8) is 0 Å². The molecule has 5 heteroatoms. The second-order valence-corrected chi connectivity index (χ2v) is 5.60. The third-order valence-corrected chi connectivity index (χ3v) is 3.54. The fourth-order valence-electron chi connectivity index (χ4n) is 2.32. The van der Waals surface area contributed by atoms with E-state index >= 15 is 0 Å². The van der Waals surface area contributed by atoms with E-state index in [9.17, 15) is 9.90 Å². The highest BCUT2D eigenvalue weighted by Crippen LogP contribution is 2.24. The maximum absolute atomic E-state index is 10.8. The number of hydrogen-bond acceptors (Lipinski definition) is 4. The van der Waals surface area contributed by atoms with Gasteiger partial charge in [-0.25, -0.2) is 0 Å². The van der Waals surface area contributed by atoms with Crippen LogP contribution in [0, 0.1) is 6.92 Å². The van der Waals surface area contributed by atoms with Crippen molar-refractivity contribution in [2.75, 3.05) is 5.01 Å². The molecule has 0 fully saturated rings. The Morgan fingerprint density at radius 3 is 2.50 bits per heavy atom. The summed E-state index contributed by atoms with van der Waals surface area (Å²) in [5.41, 5.74) is 6.09. The lowest BCUT2D eigenvalue weighted by Crippen LogP contribution is -2.40. The predicted octanol–water partition coefficient (Wildman–Crippen LogP) is 3.38. The first kappa shape index (κ1) is 17.6. The first-order valence-electron chi connectivity index (χ1n) is 7.72. The molecule has 0 aromatic heterocycles. The number of aryl methyl sites for hydroxylation is 1. The Balaban J connectivity index is 2.23. The first-order valence-corrected chi connectivity index (χ1v) is 7.72. The van der Waals surface area contributed by atoms with E-state index in [-0.39, 0.29) is 12.8 Å². The molecule has 2 rings (SSSR count). The Kier molecular flexibility index (Phi) is 5.98. The van der Waals surface area contributed by atoms with Crippen molar-refractivity contribution in [1.29, 1.82) is 0 Å². The van der Waals surface area contributed by atoms with Crippen molar-refractivity contribution in [1.82, 2.24) is 5.43 Å². The van der Waals surface area contributed by atoms with Crippen LogP contribution < -0.4 is 10.4 Å². The molecular weight excluding hydrogens is 304 g/mol. The van der Waals surface area contributed by atoms with E-state index in [1.165, 1.54) is 0 Å². The summed E-state index contributed by atoms with van der Waals surface area (Å²) in [7, 11) is 0. The van der Waals surface area contributed by atoms with E-state index < -0.39 is 12.2 Å². The Morgan fingerprint density at radius 2 is 1.88 bits per heavy atom. The summed E-state index contributed by atoms with van der Waals surface area (Å²) in [4.78, 5) is 10.7. The molecule has 0 saturated carbocycles. The minimum absolute atomic E-state index is 0.0188. The monoisotopic (exact) mass is 326 g/mol. The number of anilines is 1. The lowest BCUT2D eigenvalue weighted by molar-refractivity contribution is -0.136. The number of benzene rings is 2. The molecule has 1 atom stereocenters. The van der Waals surface area contributed by atoms with Crippen LogP contribution in [0.4, 0.5) is 5.69 Å². The van der Waals surface area contributed by atoms with Gasteiger partial charge in [0.2, 0.25) is 0 Å². The zero-order valence-electron chi connectivity index (χ0n) is 13.6. The first-order chi connectivity index (χ1) is 11.5. The Labute approximate surface area is 141 Å². The van der Waals surface area contributed by atoms with Gasteiger partial charge in [0.15, 0.2) is 6.23 Å². The molecule has 0 aliphatic heterocycles. The van der Waals surface area contributed by atoms with Gasteiger partial charge in [-0.3, -0.25) is 9.80 Å². The van der Waals surface area contributed by atoms with E-state index in [1.807, 2.05) is 61.5 Å². The van der Waals surface area contributed by atoms with Crippen molar-refractivity contribution in [2.45, 2.75) is 26.0 Å². The van der Waals surface area contributed by atoms with Gasteiger partial charge in [0.05, 0.1) is 12.1 Å². The minimum Gasteiger partial charge on any atom is -0.481 e. The number of carboxylic acid groups (broad SMARTS) is 1. The molecule has 0 amide bonds. The van der Waals surface area contributed by atoms with Crippen LogP contribution in [0.25, 0.3) is 0 Å². The van der Waals surface area contributed by atoms with Gasteiger partial charge in [0, 0.05) is 11.3 Å². The fraction of sp³-hybridized carbons (Fsp3) is 0.211. The van der Waals surface area contributed by atoms with Crippen molar-refractivity contribution >= 4 is 11.7 Å². The molecule has 0 radical (unpaired) electrons. The Bertz CT molecular complexity index is 701. The van der Waals surface area contributed by atoms with Gasteiger partial charge >= 0.3 is 5.97 Å². The van der Waals surface area contributed by atoms with Crippen LogP contribution >= 0.6 is 0 Å². The molecule has 2 aromatic rings. The summed E-state index contributed by atoms with van der Waals surface area (Å²) in [6, 6.07) is 16.9. The number of carbonyl (C=O) groups is 1. The second kappa shape index (κ2) is 8.17. The van der Waals surface area contributed by atoms with E-state index in [4.69, 9.17) is 5.11 Å². The number of aliphatic hydroxyl groups is 1. The normalized spacial score (nSPS) is 11.6. The molecule has 5 nitrogen and oxygen atoms in total. The zero-order valence-corrected chi connectivity index (χ0v) is 13.6. The average Bonchev–Trinajstić information content (AvgIpc) is 2.58. The molecule has 0 heterocycles. The third kappa shape index (κ3) is 4.86. The standard InChI is InChI=1S/C19H22N2O3/c1-14-7-6-8-16(13-14)19(24)21(17-9-4-3-5-10-17)20-15(2)11-12-18(22)23/h3-10,13,19-20,24H,2,11-12H2,1H3,(H,22,23). The number of hydrogen-bond donors (Lipinski definition) is 3. The number of carboxylic acids is 1. The maximum atomic E-state index is 10.8. The number of para-hydroxylation sites is 1. The SMILES string of the molecule is C=C(CCC(=O)O)NN(c1ccccc1)C(O)c1cccc(C)c1. The lowest BCUT2D eigenvalue weighted by atomic mass is 10.1. The molecule has 2 aromatic carbocycles. The highest BCUT2D eigenvalue weighted by molar-refractivity contribution is 5.67. The predicted molar refractivity (Wildman–Crippen MR) is 94.2 cm³/mol. The minimum atomic E-state index is -0.936. The van der Waals surface area contributed by atoms with Gasteiger partial charge in [0.25, 0.3) is 0 Å². The maximum Gasteiger partial charge on any atom is 0.303 e. The quantitative estimate of drug-likeness (QED) is 0.512. The average molecular weight is 326 g/mol. The van der Waals surface area contributed by atoms with Crippen LogP contribution in [0.15, 0.2) is 66.9 Å². The highest BCUT2D eigenvalue weighted by atomic mass is 16.4. The summed E-state index contributed by atoms with van der Waals surface area (Å²) in [6.45, 7) is 5.82. The Morgan fingerprint density at radius 1 is 1.17 bits per heavy atom. The van der Waals surface area contributed by atoms with Crippen molar-refractivity contribution in [2.24, 2.45) is 0 Å². The number of allylic oxidation sites excluding steroid dienone is 1. The number of aliphatic hydroxyl groups excluding tert-OH is 1. The summed E-state index contributed by atoms with van der Waals surface area (Å²) >= 11 is 0. The van der Waals surface area contributed by atoms with Crippen LogP contribution in [0.5, 0.6) is 0 Å². The molecule has 0 spiro atoms. The molecule has 0 bridgehead atoms. The van der Waals surface area contributed by atoms with Gasteiger partial charge in [0.1, 0.15) is 0 Å². The lowest BCUT2D eigenvalue weighted by Gasteiger charge is -2.32. The molecule has 126 valence electrons. The summed E-state index contributed by atoms with van der Waals surface area (Å²) in [6.07, 6.45) is -0.678. The van der Waals surface area contributed by atoms with Crippen molar-refractivity contribution in [3.8, 4) is 0 Å². The third-order valence-electron chi connectivity index (χ3n) is 3.54. The number of hydrazine groups is 1. The van der Waals surface area contributed by atoms with Crippen LogP contribution in [0.1, 0.15) is 30.2 Å². The Hall–Kier alpha value is -2.79. The van der Waals surface area contributed by atoms with Gasteiger partial charge < -0.3 is 15.6 Å². The zero-order chi connectivity index (χ0) is 17.5. The van der Waals surface area contributed by atoms with Gasteiger partial charge in [-0.2, -0.15) is 0 Å². The van der Waals surface area contributed by atoms with Crippen LogP contribution in [0.2, 0.25) is 0 Å². The molecule has 3 N–H and O–H groups in total. The topological polar surface area (TPSA) is 72.8 Å². The molecule has 0 saturated heterocycles. The summed E-state index contributed by atoms with van der Waals surface area (Å²) < 4.78 is 0. The van der Waals surface area contributed by atoms with Gasteiger partial charge in [-0.1, -0.05) is 54.6 Å². The van der Waals surface area contributed by atoms with Crippen LogP contribution in [-0.4, -0.2) is 16.2 Å². The van der Waals surface area contributed by atoms with Crippen molar-refractivity contribution < 1.29 is 15.0 Å². The number of nitrogens with zero attached hydrogens (tertiary/aromatic N) is 1. The molecule has 1 unspecified atom stereocenters. The van der Waals surface area contributed by atoms with Gasteiger partial charge in [-0.15, -0.1) is 0 Å². The molecular formula is C19H22N2O3. The number of nitrogens with one attached hydrogen (secondary N) is 1. The summed E-state index contributed by atoms with van der Waals surface area (Å²) in [5.74, 6) is -0.886. The highest BCUT2D eigenvalue weighted by Gasteiger charge is 2.19. The smallest absolute Gasteiger partial charge is 0.303 e. The van der Waals surface area contributed by atoms with E-state index in [0.29, 0.717) is 5.70 Å². The van der Waals surface area contributed by atoms with Crippen molar-refractivity contribution in [3.05, 3.63) is 78.0 Å².